The van der Waals surface area contributed by atoms with Crippen molar-refractivity contribution in [3.63, 3.8) is 0 Å². The molecule has 0 spiro atoms. The Morgan fingerprint density at radius 3 is 2.68 bits per heavy atom. The monoisotopic (exact) mass is 278 g/mol. The summed E-state index contributed by atoms with van der Waals surface area (Å²) < 4.78 is 0. The van der Waals surface area contributed by atoms with Gasteiger partial charge in [0.25, 0.3) is 0 Å². The Labute approximate surface area is 120 Å². The molecule has 2 heterocycles. The van der Waals surface area contributed by atoms with E-state index in [-0.39, 0.29) is 0 Å². The van der Waals surface area contributed by atoms with Crippen LogP contribution in [0.5, 0.6) is 0 Å². The van der Waals surface area contributed by atoms with Crippen LogP contribution in [-0.4, -0.2) is 47.6 Å². The molecular weight excluding hydrogens is 256 g/mol. The first-order valence-electron chi connectivity index (χ1n) is 6.63. The number of aryl methyl sites for hydroxylation is 2. The average Bonchev–Trinajstić information content (AvgIpc) is 2.31. The van der Waals surface area contributed by atoms with E-state index in [9.17, 15) is 0 Å². The van der Waals surface area contributed by atoms with Gasteiger partial charge in [-0.15, -0.1) is 0 Å². The van der Waals surface area contributed by atoms with Crippen LogP contribution in [0.25, 0.3) is 0 Å². The highest BCUT2D eigenvalue weighted by Crippen LogP contribution is 2.24. The lowest BCUT2D eigenvalue weighted by atomic mass is 10.1. The summed E-state index contributed by atoms with van der Waals surface area (Å²) in [6.07, 6.45) is 0. The van der Waals surface area contributed by atoms with Gasteiger partial charge in [-0.1, -0.05) is 12.2 Å². The molecule has 0 aliphatic carbocycles. The second kappa shape index (κ2) is 5.43. The minimum absolute atomic E-state index is 0.437. The van der Waals surface area contributed by atoms with E-state index in [2.05, 4.69) is 28.8 Å². The predicted octanol–water partition coefficient (Wildman–Crippen LogP) is 1.47. The van der Waals surface area contributed by atoms with Crippen molar-refractivity contribution in [1.29, 1.82) is 0 Å². The van der Waals surface area contributed by atoms with Crippen LogP contribution in [0.15, 0.2) is 6.07 Å². The van der Waals surface area contributed by atoms with Crippen LogP contribution in [0, 0.1) is 13.8 Å². The molecule has 1 aromatic rings. The molecule has 0 aromatic carbocycles. The predicted molar refractivity (Wildman–Crippen MR) is 83.9 cm³/mol. The smallest absolute Gasteiger partial charge is 0.139 e. The molecule has 1 aliphatic rings. The number of hydrogen-bond acceptors (Lipinski definition) is 4. The summed E-state index contributed by atoms with van der Waals surface area (Å²) in [5.74, 6) is 0.949. The van der Waals surface area contributed by atoms with E-state index < -0.39 is 0 Å². The van der Waals surface area contributed by atoms with Crippen LogP contribution in [0.2, 0.25) is 0 Å². The molecule has 0 saturated carbocycles. The van der Waals surface area contributed by atoms with Crippen molar-refractivity contribution in [2.75, 3.05) is 31.6 Å². The van der Waals surface area contributed by atoms with Crippen molar-refractivity contribution in [2.45, 2.75) is 26.8 Å². The quantitative estimate of drug-likeness (QED) is 0.830. The number of thiocarbonyl (C=S) groups is 1. The van der Waals surface area contributed by atoms with Crippen LogP contribution >= 0.6 is 12.2 Å². The fourth-order valence-corrected chi connectivity index (χ4v) is 2.84. The van der Waals surface area contributed by atoms with Crippen molar-refractivity contribution < 1.29 is 0 Å². The number of piperazine rings is 1. The number of anilines is 1. The van der Waals surface area contributed by atoms with Gasteiger partial charge in [0, 0.05) is 31.4 Å². The zero-order chi connectivity index (χ0) is 14.2. The Morgan fingerprint density at radius 1 is 1.42 bits per heavy atom. The van der Waals surface area contributed by atoms with Crippen LogP contribution in [0.4, 0.5) is 5.82 Å². The first-order valence-corrected chi connectivity index (χ1v) is 7.04. The summed E-state index contributed by atoms with van der Waals surface area (Å²) in [7, 11) is 2.16. The summed E-state index contributed by atoms with van der Waals surface area (Å²) in [5, 5.41) is 0. The molecule has 1 fully saturated rings. The standard InChI is InChI=1S/C14H22N4S/c1-9-7-10(2)16-14(12(9)13(15)19)18-6-5-17(4)11(3)8-18/h7,11H,5-6,8H2,1-4H3,(H2,15,19). The number of hydrogen-bond donors (Lipinski definition) is 1. The van der Waals surface area contributed by atoms with E-state index in [1.54, 1.807) is 0 Å². The topological polar surface area (TPSA) is 45.4 Å². The number of pyridine rings is 1. The van der Waals surface area contributed by atoms with Gasteiger partial charge < -0.3 is 15.5 Å². The zero-order valence-electron chi connectivity index (χ0n) is 12.1. The molecule has 1 aliphatic heterocycles. The summed E-state index contributed by atoms with van der Waals surface area (Å²) in [5.41, 5.74) is 8.94. The molecule has 2 rings (SSSR count). The van der Waals surface area contributed by atoms with Gasteiger partial charge in [-0.3, -0.25) is 0 Å². The fraction of sp³-hybridized carbons (Fsp3) is 0.571. The number of nitrogens with zero attached hydrogens (tertiary/aromatic N) is 3. The van der Waals surface area contributed by atoms with Gasteiger partial charge in [-0.25, -0.2) is 4.98 Å². The maximum Gasteiger partial charge on any atom is 0.139 e. The highest BCUT2D eigenvalue weighted by Gasteiger charge is 2.25. The first kappa shape index (κ1) is 14.2. The third-order valence-electron chi connectivity index (χ3n) is 3.83. The van der Waals surface area contributed by atoms with Crippen molar-refractivity contribution in [3.05, 3.63) is 22.9 Å². The van der Waals surface area contributed by atoms with Crippen LogP contribution in [0.3, 0.4) is 0 Å². The minimum Gasteiger partial charge on any atom is -0.389 e. The molecule has 1 unspecified atom stereocenters. The van der Waals surface area contributed by atoms with Crippen LogP contribution < -0.4 is 10.6 Å². The summed E-state index contributed by atoms with van der Waals surface area (Å²) in [6.45, 7) is 9.25. The average molecular weight is 278 g/mol. The number of nitrogens with two attached hydrogens (primary N) is 1. The SMILES string of the molecule is Cc1cc(C)c(C(N)=S)c(N2CCN(C)C(C)C2)n1. The van der Waals surface area contributed by atoms with Gasteiger partial charge in [-0.2, -0.15) is 0 Å². The van der Waals surface area contributed by atoms with Crippen molar-refractivity contribution in [2.24, 2.45) is 5.73 Å². The Hall–Kier alpha value is -1.20. The van der Waals surface area contributed by atoms with Crippen LogP contribution in [0.1, 0.15) is 23.7 Å². The Morgan fingerprint density at radius 2 is 2.11 bits per heavy atom. The summed E-state index contributed by atoms with van der Waals surface area (Å²) in [4.78, 5) is 9.78. The lowest BCUT2D eigenvalue weighted by Gasteiger charge is -2.39. The lowest BCUT2D eigenvalue weighted by Crippen LogP contribution is -2.50. The highest BCUT2D eigenvalue weighted by molar-refractivity contribution is 7.80. The van der Waals surface area contributed by atoms with Crippen LogP contribution in [-0.2, 0) is 0 Å². The third-order valence-corrected chi connectivity index (χ3v) is 4.04. The molecule has 1 atom stereocenters. The van der Waals surface area contributed by atoms with E-state index in [0.29, 0.717) is 11.0 Å². The Balaban J connectivity index is 2.41. The molecule has 2 N–H and O–H groups in total. The maximum atomic E-state index is 5.89. The molecular formula is C14H22N4S. The molecule has 4 nitrogen and oxygen atoms in total. The number of rotatable bonds is 2. The van der Waals surface area contributed by atoms with Gasteiger partial charge >= 0.3 is 0 Å². The van der Waals surface area contributed by atoms with Gasteiger partial charge in [0.15, 0.2) is 0 Å². The van der Waals surface area contributed by atoms with Gasteiger partial charge in [-0.05, 0) is 39.4 Å². The van der Waals surface area contributed by atoms with Crippen molar-refractivity contribution >= 4 is 23.0 Å². The molecule has 1 saturated heterocycles. The first-order chi connectivity index (χ1) is 8.90. The van der Waals surface area contributed by atoms with E-state index in [1.165, 1.54) is 0 Å². The van der Waals surface area contributed by atoms with Gasteiger partial charge in [0.05, 0.1) is 5.56 Å². The third kappa shape index (κ3) is 2.87. The van der Waals surface area contributed by atoms with Gasteiger partial charge in [0.2, 0.25) is 0 Å². The zero-order valence-corrected chi connectivity index (χ0v) is 12.9. The molecule has 0 bridgehead atoms. The Kier molecular flexibility index (Phi) is 4.06. The van der Waals surface area contributed by atoms with Crippen molar-refractivity contribution in [1.82, 2.24) is 9.88 Å². The lowest BCUT2D eigenvalue weighted by molar-refractivity contribution is 0.233. The molecule has 0 amide bonds. The van der Waals surface area contributed by atoms with E-state index in [0.717, 1.165) is 42.3 Å². The summed E-state index contributed by atoms with van der Waals surface area (Å²) >= 11 is 5.20. The number of likely N-dealkylation sites (N-methyl/N-ethyl adjacent to an activating group) is 1. The fourth-order valence-electron chi connectivity index (χ4n) is 2.59. The molecule has 1 aromatic heterocycles. The minimum atomic E-state index is 0.437. The van der Waals surface area contributed by atoms with Crippen molar-refractivity contribution in [3.8, 4) is 0 Å². The highest BCUT2D eigenvalue weighted by atomic mass is 32.1. The molecule has 19 heavy (non-hydrogen) atoms. The Bertz CT molecular complexity index is 500. The maximum absolute atomic E-state index is 5.89. The normalized spacial score (nSPS) is 20.6. The van der Waals surface area contributed by atoms with Gasteiger partial charge in [0.1, 0.15) is 10.8 Å². The second-order valence-electron chi connectivity index (χ2n) is 5.42. The number of aromatic nitrogens is 1. The molecule has 5 heteroatoms. The largest absolute Gasteiger partial charge is 0.389 e. The van der Waals surface area contributed by atoms with E-state index >= 15 is 0 Å². The van der Waals surface area contributed by atoms with E-state index in [4.69, 9.17) is 18.0 Å². The van der Waals surface area contributed by atoms with E-state index in [1.807, 2.05) is 19.9 Å². The second-order valence-corrected chi connectivity index (χ2v) is 5.86. The molecule has 0 radical (unpaired) electrons. The molecule has 104 valence electrons. The summed E-state index contributed by atoms with van der Waals surface area (Å²) in [6, 6.07) is 2.55.